The van der Waals surface area contributed by atoms with Crippen molar-refractivity contribution in [2.75, 3.05) is 36.9 Å². The van der Waals surface area contributed by atoms with Crippen LogP contribution in [0, 0.1) is 23.2 Å². The summed E-state index contributed by atoms with van der Waals surface area (Å²) < 4.78 is 93.8. The molecule has 0 unspecified atom stereocenters. The molecule has 2 aromatic carbocycles. The Morgan fingerprint density at radius 3 is 2.30 bits per heavy atom. The highest BCUT2D eigenvalue weighted by Crippen LogP contribution is 2.39. The van der Waals surface area contributed by atoms with E-state index in [1.807, 2.05) is 4.90 Å². The summed E-state index contributed by atoms with van der Waals surface area (Å²) in [5.41, 5.74) is 1.80. The van der Waals surface area contributed by atoms with E-state index in [9.17, 15) is 40.4 Å². The summed E-state index contributed by atoms with van der Waals surface area (Å²) >= 11 is 0. The number of carbonyl (C=O) groups excluding carboxylic acids is 1. The second-order valence-corrected chi connectivity index (χ2v) is 14.5. The fourth-order valence-corrected chi connectivity index (χ4v) is 7.26. The highest BCUT2D eigenvalue weighted by molar-refractivity contribution is 7.91. The Hall–Kier alpha value is -3.12. The second kappa shape index (κ2) is 16.3. The van der Waals surface area contributed by atoms with E-state index in [1.54, 1.807) is 43.3 Å². The minimum absolute atomic E-state index is 0.0311. The predicted octanol–water partition coefficient (Wildman–Crippen LogP) is 6.05. The Kier molecular flexibility index (Phi) is 12.7. The van der Waals surface area contributed by atoms with E-state index in [0.717, 1.165) is 5.69 Å². The molecule has 1 aliphatic carbocycles. The molecular weight excluding hydrogens is 643 g/mol. The summed E-state index contributed by atoms with van der Waals surface area (Å²) in [6.45, 7) is -0.608. The van der Waals surface area contributed by atoms with Gasteiger partial charge in [-0.15, -0.1) is 0 Å². The zero-order valence-electron chi connectivity index (χ0n) is 26.2. The second-order valence-electron chi connectivity index (χ2n) is 12.2. The topological polar surface area (TPSA) is 112 Å². The fourth-order valence-electron chi connectivity index (χ4n) is 6.38. The van der Waals surface area contributed by atoms with Gasteiger partial charge in [0.25, 0.3) is 0 Å². The van der Waals surface area contributed by atoms with Crippen LogP contribution in [0.2, 0.25) is 0 Å². The highest BCUT2D eigenvalue weighted by atomic mass is 32.2. The maximum absolute atomic E-state index is 13.0. The average Bonchev–Trinajstić information content (AvgIpc) is 3.47. The highest BCUT2D eigenvalue weighted by Gasteiger charge is 2.41. The molecule has 2 N–H and O–H groups in total. The molecule has 0 aromatic heterocycles. The molecule has 0 spiro atoms. The minimum atomic E-state index is -4.16. The van der Waals surface area contributed by atoms with Gasteiger partial charge < -0.3 is 20.3 Å². The first-order valence-corrected chi connectivity index (χ1v) is 17.5. The predicted molar refractivity (Wildman–Crippen MR) is 167 cm³/mol. The number of sulfone groups is 1. The minimum Gasteiger partial charge on any atom is -0.365 e. The summed E-state index contributed by atoms with van der Waals surface area (Å²) in [6, 6.07) is 14.2. The lowest BCUT2D eigenvalue weighted by molar-refractivity contribution is -0.183. The van der Waals surface area contributed by atoms with Gasteiger partial charge in [-0.2, -0.15) is 27.2 Å². The van der Waals surface area contributed by atoms with Crippen molar-refractivity contribution in [1.29, 1.82) is 5.26 Å². The number of ketones is 1. The summed E-state index contributed by atoms with van der Waals surface area (Å²) in [4.78, 5) is 15.2. The zero-order chi connectivity index (χ0) is 34.2. The zero-order valence-corrected chi connectivity index (χ0v) is 27.0. The summed E-state index contributed by atoms with van der Waals surface area (Å²) in [7, 11) is -3.37. The maximum atomic E-state index is 13.0. The molecule has 3 atom stereocenters. The maximum Gasteiger partial charge on any atom is 0.391 e. The van der Waals surface area contributed by atoms with Gasteiger partial charge in [-0.3, -0.25) is 4.79 Å². The first-order valence-electron chi connectivity index (χ1n) is 15.8. The molecule has 0 radical (unpaired) electrons. The molecule has 0 amide bonds. The summed E-state index contributed by atoms with van der Waals surface area (Å²) in [6.07, 6.45) is -2.36. The van der Waals surface area contributed by atoms with Gasteiger partial charge in [-0.1, -0.05) is 19.1 Å². The van der Waals surface area contributed by atoms with Gasteiger partial charge in [0, 0.05) is 29.9 Å². The Morgan fingerprint density at radius 2 is 1.72 bits per heavy atom. The fraction of sp³-hybridized carbons (Fsp3) is 0.576. The number of alkyl halides is 5. The number of hydrogen-bond donors (Lipinski definition) is 2. The third-order valence-corrected chi connectivity index (χ3v) is 10.9. The monoisotopic (exact) mass is 684 g/mol. The number of ether oxygens (including phenoxy) is 1. The van der Waals surface area contributed by atoms with E-state index in [1.165, 1.54) is 12.1 Å². The van der Waals surface area contributed by atoms with Crippen LogP contribution in [0.1, 0.15) is 67.4 Å². The third kappa shape index (κ3) is 10.2. The number of nitrogens with zero attached hydrogens (tertiary/aromatic N) is 2. The smallest absolute Gasteiger partial charge is 0.365 e. The van der Waals surface area contributed by atoms with Crippen molar-refractivity contribution < 1.29 is 39.9 Å². The molecule has 2 aliphatic rings. The number of benzene rings is 2. The molecule has 1 heterocycles. The molecule has 1 aliphatic heterocycles. The van der Waals surface area contributed by atoms with Crippen LogP contribution in [0.5, 0.6) is 0 Å². The van der Waals surface area contributed by atoms with E-state index >= 15 is 0 Å². The molecule has 258 valence electrons. The molecule has 1 saturated heterocycles. The number of nitriles is 1. The van der Waals surface area contributed by atoms with Crippen molar-refractivity contribution in [1.82, 2.24) is 10.6 Å². The Morgan fingerprint density at radius 1 is 1.06 bits per heavy atom. The van der Waals surface area contributed by atoms with E-state index in [2.05, 4.69) is 21.4 Å². The van der Waals surface area contributed by atoms with Gasteiger partial charge in [-0.25, -0.2) is 8.42 Å². The number of carbonyl (C=O) groups is 1. The average molecular weight is 685 g/mol. The molecule has 47 heavy (non-hydrogen) atoms. The molecular formula is C33H41F5N4O4S. The third-order valence-electron chi connectivity index (χ3n) is 9.18. The van der Waals surface area contributed by atoms with Crippen LogP contribution in [0.4, 0.5) is 27.6 Å². The van der Waals surface area contributed by atoms with E-state index in [-0.39, 0.29) is 66.8 Å². The molecule has 2 aromatic rings. The van der Waals surface area contributed by atoms with E-state index in [4.69, 9.17) is 0 Å². The van der Waals surface area contributed by atoms with Gasteiger partial charge in [0.15, 0.2) is 15.6 Å². The van der Waals surface area contributed by atoms with Crippen LogP contribution in [0.3, 0.4) is 0 Å². The van der Waals surface area contributed by atoms with Crippen LogP contribution >= 0.6 is 0 Å². The van der Waals surface area contributed by atoms with Crippen molar-refractivity contribution in [2.24, 2.45) is 11.8 Å². The first kappa shape index (κ1) is 36.7. The van der Waals surface area contributed by atoms with Gasteiger partial charge >= 0.3 is 12.8 Å². The number of rotatable bonds is 15. The Bertz CT molecular complexity index is 1460. The number of nitrogens with one attached hydrogen (secondary N) is 2. The van der Waals surface area contributed by atoms with Crippen LogP contribution in [-0.4, -0.2) is 71.1 Å². The van der Waals surface area contributed by atoms with E-state index in [0.29, 0.717) is 43.5 Å². The standard InChI is InChI=1S/C33H41F5N4O4S/c1-2-47(44,45)29-13-7-23(8-14-29)30(15-16-39)41-19-31(43)24-5-11-27(12-6-24)42-20-26(17-28(42)21-46-32(34)35)40-18-22-3-9-25(10-4-22)33(36,37)38/h5-8,11-14,22,25-26,28,30,32,40-41H,2-4,9-10,15,17-21H2,1H3/t22?,25?,26-,28+,30+/m1/s1. The van der Waals surface area contributed by atoms with Crippen molar-refractivity contribution in [3.8, 4) is 6.07 Å². The number of Topliss-reactive ketones (excluding diaryl/α,β-unsaturated/α-hetero) is 1. The molecule has 14 heteroatoms. The van der Waals surface area contributed by atoms with Crippen LogP contribution in [0.25, 0.3) is 0 Å². The van der Waals surface area contributed by atoms with Crippen molar-refractivity contribution in [3.05, 3.63) is 59.7 Å². The Labute approximate surface area is 272 Å². The molecule has 2 fully saturated rings. The van der Waals surface area contributed by atoms with Crippen LogP contribution in [-0.2, 0) is 14.6 Å². The van der Waals surface area contributed by atoms with Gasteiger partial charge in [-0.05, 0) is 86.5 Å². The van der Waals surface area contributed by atoms with E-state index < -0.39 is 34.6 Å². The first-order chi connectivity index (χ1) is 22.3. The molecule has 1 saturated carbocycles. The van der Waals surface area contributed by atoms with Crippen LogP contribution < -0.4 is 15.5 Å². The Balaban J connectivity index is 1.34. The number of anilines is 1. The molecule has 4 rings (SSSR count). The summed E-state index contributed by atoms with van der Waals surface area (Å²) in [5, 5.41) is 15.8. The van der Waals surface area contributed by atoms with Crippen molar-refractivity contribution in [3.63, 3.8) is 0 Å². The largest absolute Gasteiger partial charge is 0.391 e. The van der Waals surface area contributed by atoms with Crippen molar-refractivity contribution in [2.45, 2.75) is 81.3 Å². The lowest BCUT2D eigenvalue weighted by atomic mass is 9.81. The number of hydrogen-bond acceptors (Lipinski definition) is 8. The molecule has 8 nitrogen and oxygen atoms in total. The van der Waals surface area contributed by atoms with Gasteiger partial charge in [0.2, 0.25) is 0 Å². The van der Waals surface area contributed by atoms with Gasteiger partial charge in [0.05, 0.1) is 48.2 Å². The summed E-state index contributed by atoms with van der Waals surface area (Å²) in [5.74, 6) is -1.38. The lowest BCUT2D eigenvalue weighted by Crippen LogP contribution is -2.38. The van der Waals surface area contributed by atoms with Gasteiger partial charge in [0.1, 0.15) is 0 Å². The molecule has 0 bridgehead atoms. The lowest BCUT2D eigenvalue weighted by Gasteiger charge is -2.30. The normalized spacial score (nSPS) is 22.7. The quantitative estimate of drug-likeness (QED) is 0.172. The SMILES string of the molecule is CCS(=O)(=O)c1ccc([C@H](CC#N)NCC(=O)c2ccc(N3C[C@H](NCC4CCC(C(F)(F)F)CC4)C[C@H]3COC(F)F)cc2)cc1. The van der Waals surface area contributed by atoms with Crippen LogP contribution in [0.15, 0.2) is 53.4 Å². The number of halogens is 5. The van der Waals surface area contributed by atoms with Crippen molar-refractivity contribution >= 4 is 21.3 Å².